The van der Waals surface area contributed by atoms with Crippen molar-refractivity contribution in [3.63, 3.8) is 0 Å². The van der Waals surface area contributed by atoms with E-state index in [0.29, 0.717) is 18.3 Å². The van der Waals surface area contributed by atoms with E-state index in [1.165, 1.54) is 5.56 Å². The van der Waals surface area contributed by atoms with Crippen molar-refractivity contribution >= 4 is 0 Å². The van der Waals surface area contributed by atoms with Gasteiger partial charge in [-0.1, -0.05) is 44.2 Å². The summed E-state index contributed by atoms with van der Waals surface area (Å²) in [6.07, 6.45) is 2.79. The monoisotopic (exact) mass is 201 g/mol. The molecule has 0 heterocycles. The number of nitrogens with zero attached hydrogens (tertiary/aromatic N) is 1. The molecule has 1 aromatic rings. The van der Waals surface area contributed by atoms with Gasteiger partial charge >= 0.3 is 0 Å². The van der Waals surface area contributed by atoms with Gasteiger partial charge in [0.25, 0.3) is 0 Å². The van der Waals surface area contributed by atoms with Gasteiger partial charge in [-0.15, -0.1) is 0 Å². The molecule has 80 valence electrons. The van der Waals surface area contributed by atoms with Crippen LogP contribution in [0.4, 0.5) is 0 Å². The summed E-state index contributed by atoms with van der Waals surface area (Å²) in [7, 11) is 0. The van der Waals surface area contributed by atoms with Gasteiger partial charge in [-0.3, -0.25) is 0 Å². The second-order valence-corrected chi connectivity index (χ2v) is 4.39. The highest BCUT2D eigenvalue weighted by atomic mass is 14.2. The molecule has 0 saturated heterocycles. The van der Waals surface area contributed by atoms with Crippen LogP contribution in [0.2, 0.25) is 0 Å². The fourth-order valence-electron chi connectivity index (χ4n) is 1.84. The lowest BCUT2D eigenvalue weighted by atomic mass is 9.86. The van der Waals surface area contributed by atoms with Crippen LogP contribution in [-0.2, 0) is 6.42 Å². The number of benzene rings is 1. The highest BCUT2D eigenvalue weighted by Crippen LogP contribution is 2.21. The van der Waals surface area contributed by atoms with Crippen molar-refractivity contribution in [3.05, 3.63) is 35.9 Å². The van der Waals surface area contributed by atoms with Crippen LogP contribution in [0.1, 0.15) is 32.3 Å². The highest BCUT2D eigenvalue weighted by molar-refractivity contribution is 5.15. The van der Waals surface area contributed by atoms with Crippen LogP contribution in [0.25, 0.3) is 0 Å². The van der Waals surface area contributed by atoms with Gasteiger partial charge in [0.05, 0.1) is 6.07 Å². The molecular weight excluding hydrogens is 182 g/mol. The van der Waals surface area contributed by atoms with Crippen molar-refractivity contribution in [1.82, 2.24) is 0 Å². The zero-order chi connectivity index (χ0) is 11.1. The van der Waals surface area contributed by atoms with E-state index in [1.54, 1.807) is 0 Å². The molecule has 1 unspecified atom stereocenters. The zero-order valence-corrected chi connectivity index (χ0v) is 9.61. The summed E-state index contributed by atoms with van der Waals surface area (Å²) >= 11 is 0. The van der Waals surface area contributed by atoms with Gasteiger partial charge in [0.1, 0.15) is 0 Å². The predicted octanol–water partition coefficient (Wildman–Crippen LogP) is 3.81. The molecule has 0 N–H and O–H groups in total. The lowest BCUT2D eigenvalue weighted by Gasteiger charge is -2.19. The second kappa shape index (κ2) is 6.24. The Bertz CT molecular complexity index is 308. The molecule has 1 nitrogen and oxygen atoms in total. The van der Waals surface area contributed by atoms with E-state index in [9.17, 15) is 0 Å². The summed E-state index contributed by atoms with van der Waals surface area (Å²) in [5, 5.41) is 8.61. The molecule has 0 bridgehead atoms. The quantitative estimate of drug-likeness (QED) is 0.710. The average molecular weight is 201 g/mol. The summed E-state index contributed by atoms with van der Waals surface area (Å²) in [4.78, 5) is 0. The van der Waals surface area contributed by atoms with Gasteiger partial charge in [0.15, 0.2) is 0 Å². The predicted molar refractivity (Wildman–Crippen MR) is 63.3 cm³/mol. The third kappa shape index (κ3) is 4.16. The van der Waals surface area contributed by atoms with Crippen LogP contribution in [-0.4, -0.2) is 0 Å². The smallest absolute Gasteiger partial charge is 0.0621 e. The van der Waals surface area contributed by atoms with E-state index in [0.717, 1.165) is 12.8 Å². The minimum Gasteiger partial charge on any atom is -0.198 e. The molecule has 0 saturated carbocycles. The largest absolute Gasteiger partial charge is 0.198 e. The Kier molecular flexibility index (Phi) is 4.90. The molecule has 0 amide bonds. The van der Waals surface area contributed by atoms with Gasteiger partial charge in [0.2, 0.25) is 0 Å². The third-order valence-corrected chi connectivity index (χ3v) is 2.91. The Labute approximate surface area is 92.7 Å². The van der Waals surface area contributed by atoms with Gasteiger partial charge in [0, 0.05) is 6.42 Å². The maximum atomic E-state index is 8.61. The maximum absolute atomic E-state index is 8.61. The summed E-state index contributed by atoms with van der Waals surface area (Å²) in [6, 6.07) is 12.8. The summed E-state index contributed by atoms with van der Waals surface area (Å²) in [5.74, 6) is 1.28. The van der Waals surface area contributed by atoms with Gasteiger partial charge in [-0.2, -0.15) is 5.26 Å². The molecule has 15 heavy (non-hydrogen) atoms. The van der Waals surface area contributed by atoms with Gasteiger partial charge < -0.3 is 0 Å². The number of hydrogen-bond donors (Lipinski definition) is 0. The summed E-state index contributed by atoms with van der Waals surface area (Å²) in [5.41, 5.74) is 1.38. The minimum atomic E-state index is 0.632. The highest BCUT2D eigenvalue weighted by Gasteiger charge is 2.13. The molecule has 1 rings (SSSR count). The Morgan fingerprint density at radius 1 is 1.20 bits per heavy atom. The van der Waals surface area contributed by atoms with Gasteiger partial charge in [-0.25, -0.2) is 0 Å². The van der Waals surface area contributed by atoms with Crippen molar-refractivity contribution < 1.29 is 0 Å². The first-order valence-corrected chi connectivity index (χ1v) is 5.65. The number of nitriles is 1. The Balaban J connectivity index is 2.56. The normalized spacial score (nSPS) is 12.4. The molecule has 0 spiro atoms. The van der Waals surface area contributed by atoms with Crippen molar-refractivity contribution in [2.24, 2.45) is 11.8 Å². The fourth-order valence-corrected chi connectivity index (χ4v) is 1.84. The lowest BCUT2D eigenvalue weighted by Crippen LogP contribution is -2.11. The second-order valence-electron chi connectivity index (χ2n) is 4.39. The van der Waals surface area contributed by atoms with Crippen LogP contribution in [0.3, 0.4) is 0 Å². The molecule has 0 aliphatic rings. The van der Waals surface area contributed by atoms with Crippen LogP contribution in [0, 0.1) is 23.2 Å². The molecule has 1 aromatic carbocycles. The fraction of sp³-hybridized carbons (Fsp3) is 0.500. The first kappa shape index (κ1) is 11.8. The third-order valence-electron chi connectivity index (χ3n) is 2.91. The van der Waals surface area contributed by atoms with Crippen molar-refractivity contribution in [2.75, 3.05) is 0 Å². The number of hydrogen-bond acceptors (Lipinski definition) is 1. The molecule has 0 aromatic heterocycles. The van der Waals surface area contributed by atoms with E-state index >= 15 is 0 Å². The van der Waals surface area contributed by atoms with Crippen molar-refractivity contribution in [2.45, 2.75) is 33.1 Å². The van der Waals surface area contributed by atoms with E-state index in [-0.39, 0.29) is 0 Å². The van der Waals surface area contributed by atoms with Crippen LogP contribution >= 0.6 is 0 Å². The number of rotatable bonds is 5. The average Bonchev–Trinajstić information content (AvgIpc) is 2.25. The molecule has 1 heteroatoms. The molecule has 0 aliphatic carbocycles. The first-order valence-electron chi connectivity index (χ1n) is 5.65. The maximum Gasteiger partial charge on any atom is 0.0621 e. The van der Waals surface area contributed by atoms with E-state index < -0.39 is 0 Å². The first-order chi connectivity index (χ1) is 7.24. The van der Waals surface area contributed by atoms with Crippen LogP contribution in [0.15, 0.2) is 30.3 Å². The Morgan fingerprint density at radius 2 is 1.87 bits per heavy atom. The van der Waals surface area contributed by atoms with Crippen molar-refractivity contribution in [1.29, 1.82) is 5.26 Å². The Hall–Kier alpha value is -1.29. The summed E-state index contributed by atoms with van der Waals surface area (Å²) < 4.78 is 0. The molecule has 0 aliphatic heterocycles. The molecule has 0 fully saturated rings. The van der Waals surface area contributed by atoms with E-state index in [2.05, 4.69) is 44.2 Å². The Morgan fingerprint density at radius 3 is 2.40 bits per heavy atom. The minimum absolute atomic E-state index is 0.632. The molecular formula is C14H19N. The van der Waals surface area contributed by atoms with E-state index in [1.807, 2.05) is 6.07 Å². The van der Waals surface area contributed by atoms with E-state index in [4.69, 9.17) is 5.26 Å². The summed E-state index contributed by atoms with van der Waals surface area (Å²) in [6.45, 7) is 4.48. The topological polar surface area (TPSA) is 23.8 Å². The standard InChI is InChI=1S/C14H19N/c1-12(2)14(9-6-10-15)11-13-7-4-3-5-8-13/h3-5,7-8,12,14H,6,9,11H2,1-2H3. The van der Waals surface area contributed by atoms with Crippen LogP contribution in [0.5, 0.6) is 0 Å². The SMILES string of the molecule is CC(C)C(CCC#N)Cc1ccccc1. The molecule has 0 radical (unpaired) electrons. The van der Waals surface area contributed by atoms with Crippen molar-refractivity contribution in [3.8, 4) is 6.07 Å². The zero-order valence-electron chi connectivity index (χ0n) is 9.61. The van der Waals surface area contributed by atoms with Crippen LogP contribution < -0.4 is 0 Å². The van der Waals surface area contributed by atoms with Gasteiger partial charge in [-0.05, 0) is 30.2 Å². The molecule has 1 atom stereocenters. The lowest BCUT2D eigenvalue weighted by molar-refractivity contribution is 0.361.